The summed E-state index contributed by atoms with van der Waals surface area (Å²) in [6.45, 7) is 4.83. The summed E-state index contributed by atoms with van der Waals surface area (Å²) >= 11 is 0. The third kappa shape index (κ3) is 7.32. The van der Waals surface area contributed by atoms with Crippen LogP contribution in [0.1, 0.15) is 39.5 Å². The Balaban J connectivity index is 3.14. The Labute approximate surface area is 75.0 Å². The molecule has 0 saturated heterocycles. The van der Waals surface area contributed by atoms with Crippen molar-refractivity contribution in [3.63, 3.8) is 0 Å². The fourth-order valence-electron chi connectivity index (χ4n) is 0.974. The zero-order chi connectivity index (χ0) is 9.23. The number of amides is 1. The molecular weight excluding hydrogens is 150 g/mol. The number of hydrogen-bond acceptors (Lipinski definition) is 1. The Morgan fingerprint density at radius 1 is 1.33 bits per heavy atom. The van der Waals surface area contributed by atoms with Gasteiger partial charge in [-0.05, 0) is 19.4 Å². The first kappa shape index (κ1) is 11.2. The van der Waals surface area contributed by atoms with Gasteiger partial charge in [-0.25, -0.2) is 0 Å². The van der Waals surface area contributed by atoms with E-state index in [-0.39, 0.29) is 5.91 Å². The van der Waals surface area contributed by atoms with Crippen LogP contribution in [0.4, 0.5) is 0 Å². The fourth-order valence-corrected chi connectivity index (χ4v) is 0.974. The van der Waals surface area contributed by atoms with E-state index in [0.29, 0.717) is 0 Å². The molecule has 2 heteroatoms. The van der Waals surface area contributed by atoms with Crippen molar-refractivity contribution in [1.29, 1.82) is 0 Å². The molecule has 0 unspecified atom stereocenters. The summed E-state index contributed by atoms with van der Waals surface area (Å²) in [4.78, 5) is 10.9. The molecule has 70 valence electrons. The summed E-state index contributed by atoms with van der Waals surface area (Å²) in [7, 11) is 0. The number of unbranched alkanes of at least 4 members (excludes halogenated alkanes) is 3. The lowest BCUT2D eigenvalue weighted by molar-refractivity contribution is -0.116. The standard InChI is InChI=1S/C10H19NO/c1-3-5-6-7-9-11-10(12)8-4-2/h4,8H,3,5-7,9H2,1-2H3,(H,11,12)/b8-4+. The molecule has 0 rings (SSSR count). The second-order valence-electron chi connectivity index (χ2n) is 2.85. The number of hydrogen-bond donors (Lipinski definition) is 1. The van der Waals surface area contributed by atoms with Crippen molar-refractivity contribution in [3.8, 4) is 0 Å². The van der Waals surface area contributed by atoms with Crippen LogP contribution in [0.25, 0.3) is 0 Å². The average molecular weight is 169 g/mol. The van der Waals surface area contributed by atoms with E-state index in [0.717, 1.165) is 13.0 Å². The van der Waals surface area contributed by atoms with Gasteiger partial charge in [0, 0.05) is 6.54 Å². The molecule has 0 aliphatic heterocycles. The van der Waals surface area contributed by atoms with E-state index in [4.69, 9.17) is 0 Å². The molecule has 0 bridgehead atoms. The summed E-state index contributed by atoms with van der Waals surface area (Å²) in [5.41, 5.74) is 0. The maximum absolute atomic E-state index is 10.9. The highest BCUT2D eigenvalue weighted by Gasteiger charge is 1.92. The molecule has 0 aromatic rings. The average Bonchev–Trinajstić information content (AvgIpc) is 2.05. The van der Waals surface area contributed by atoms with Crippen molar-refractivity contribution in [2.45, 2.75) is 39.5 Å². The van der Waals surface area contributed by atoms with Crippen molar-refractivity contribution >= 4 is 5.91 Å². The predicted octanol–water partition coefficient (Wildman–Crippen LogP) is 2.26. The van der Waals surface area contributed by atoms with E-state index in [2.05, 4.69) is 12.2 Å². The van der Waals surface area contributed by atoms with Gasteiger partial charge in [-0.15, -0.1) is 0 Å². The van der Waals surface area contributed by atoms with Gasteiger partial charge in [0.1, 0.15) is 0 Å². The third-order valence-corrected chi connectivity index (χ3v) is 1.65. The van der Waals surface area contributed by atoms with E-state index in [1.807, 2.05) is 6.92 Å². The summed E-state index contributed by atoms with van der Waals surface area (Å²) in [5.74, 6) is 0.0222. The van der Waals surface area contributed by atoms with E-state index >= 15 is 0 Å². The van der Waals surface area contributed by atoms with Crippen molar-refractivity contribution in [3.05, 3.63) is 12.2 Å². The molecule has 12 heavy (non-hydrogen) atoms. The van der Waals surface area contributed by atoms with Gasteiger partial charge in [0.25, 0.3) is 0 Å². The minimum Gasteiger partial charge on any atom is -0.353 e. The van der Waals surface area contributed by atoms with Gasteiger partial charge in [-0.1, -0.05) is 32.3 Å². The SMILES string of the molecule is C/C=C/C(=O)NCCCCCC. The molecule has 0 heterocycles. The topological polar surface area (TPSA) is 29.1 Å². The lowest BCUT2D eigenvalue weighted by Crippen LogP contribution is -2.21. The van der Waals surface area contributed by atoms with Gasteiger partial charge in [0.05, 0.1) is 0 Å². The van der Waals surface area contributed by atoms with Gasteiger partial charge < -0.3 is 5.32 Å². The van der Waals surface area contributed by atoms with Crippen LogP contribution in [-0.2, 0) is 4.79 Å². The lowest BCUT2D eigenvalue weighted by atomic mass is 10.2. The van der Waals surface area contributed by atoms with Crippen LogP contribution in [0.3, 0.4) is 0 Å². The first-order valence-corrected chi connectivity index (χ1v) is 4.71. The Kier molecular flexibility index (Phi) is 7.76. The fraction of sp³-hybridized carbons (Fsp3) is 0.700. The van der Waals surface area contributed by atoms with Crippen LogP contribution in [-0.4, -0.2) is 12.5 Å². The Hall–Kier alpha value is -0.790. The van der Waals surface area contributed by atoms with Gasteiger partial charge >= 0.3 is 0 Å². The first-order chi connectivity index (χ1) is 5.81. The van der Waals surface area contributed by atoms with Crippen LogP contribution in [0.15, 0.2) is 12.2 Å². The summed E-state index contributed by atoms with van der Waals surface area (Å²) in [5, 5.41) is 2.82. The van der Waals surface area contributed by atoms with E-state index in [9.17, 15) is 4.79 Å². The van der Waals surface area contributed by atoms with Crippen molar-refractivity contribution in [2.75, 3.05) is 6.54 Å². The van der Waals surface area contributed by atoms with Crippen LogP contribution in [0, 0.1) is 0 Å². The zero-order valence-electron chi connectivity index (χ0n) is 8.10. The highest BCUT2D eigenvalue weighted by molar-refractivity contribution is 5.87. The largest absolute Gasteiger partial charge is 0.353 e. The maximum atomic E-state index is 10.9. The van der Waals surface area contributed by atoms with Crippen LogP contribution >= 0.6 is 0 Å². The predicted molar refractivity (Wildman–Crippen MR) is 52.0 cm³/mol. The molecule has 1 N–H and O–H groups in total. The minimum absolute atomic E-state index is 0.0222. The summed E-state index contributed by atoms with van der Waals surface area (Å²) < 4.78 is 0. The Morgan fingerprint density at radius 3 is 2.67 bits per heavy atom. The second kappa shape index (κ2) is 8.31. The third-order valence-electron chi connectivity index (χ3n) is 1.65. The zero-order valence-corrected chi connectivity index (χ0v) is 8.10. The number of nitrogens with one attached hydrogen (secondary N) is 1. The molecule has 0 aliphatic carbocycles. The number of carbonyl (C=O) groups excluding carboxylic acids is 1. The number of allylic oxidation sites excluding steroid dienone is 1. The molecule has 2 nitrogen and oxygen atoms in total. The minimum atomic E-state index is 0.0222. The monoisotopic (exact) mass is 169 g/mol. The molecule has 0 aliphatic rings. The highest BCUT2D eigenvalue weighted by atomic mass is 16.1. The van der Waals surface area contributed by atoms with Crippen LogP contribution in [0.5, 0.6) is 0 Å². The van der Waals surface area contributed by atoms with Crippen molar-refractivity contribution < 1.29 is 4.79 Å². The molecule has 0 spiro atoms. The molecule has 0 saturated carbocycles. The van der Waals surface area contributed by atoms with Crippen LogP contribution in [0.2, 0.25) is 0 Å². The quantitative estimate of drug-likeness (QED) is 0.479. The normalized spacial score (nSPS) is 10.5. The van der Waals surface area contributed by atoms with Gasteiger partial charge in [0.15, 0.2) is 0 Å². The summed E-state index contributed by atoms with van der Waals surface area (Å²) in [6.07, 6.45) is 8.12. The Bertz CT molecular complexity index is 141. The van der Waals surface area contributed by atoms with Crippen molar-refractivity contribution in [2.24, 2.45) is 0 Å². The smallest absolute Gasteiger partial charge is 0.243 e. The van der Waals surface area contributed by atoms with Gasteiger partial charge in [0.2, 0.25) is 5.91 Å². The number of carbonyl (C=O) groups is 1. The molecule has 0 radical (unpaired) electrons. The molecule has 1 amide bonds. The van der Waals surface area contributed by atoms with E-state index in [1.54, 1.807) is 12.2 Å². The highest BCUT2D eigenvalue weighted by Crippen LogP contribution is 1.96. The van der Waals surface area contributed by atoms with Crippen LogP contribution < -0.4 is 5.32 Å². The van der Waals surface area contributed by atoms with Gasteiger partial charge in [-0.3, -0.25) is 4.79 Å². The van der Waals surface area contributed by atoms with E-state index in [1.165, 1.54) is 19.3 Å². The lowest BCUT2D eigenvalue weighted by Gasteiger charge is -2.00. The molecule has 0 atom stereocenters. The Morgan fingerprint density at radius 2 is 2.08 bits per heavy atom. The maximum Gasteiger partial charge on any atom is 0.243 e. The molecular formula is C10H19NO. The second-order valence-corrected chi connectivity index (χ2v) is 2.85. The first-order valence-electron chi connectivity index (χ1n) is 4.71. The van der Waals surface area contributed by atoms with E-state index < -0.39 is 0 Å². The molecule has 0 aromatic heterocycles. The summed E-state index contributed by atoms with van der Waals surface area (Å²) in [6, 6.07) is 0. The molecule has 0 aromatic carbocycles. The van der Waals surface area contributed by atoms with Crippen molar-refractivity contribution in [1.82, 2.24) is 5.32 Å². The molecule has 0 fully saturated rings. The number of rotatable bonds is 6. The van der Waals surface area contributed by atoms with Gasteiger partial charge in [-0.2, -0.15) is 0 Å².